The predicted octanol–water partition coefficient (Wildman–Crippen LogP) is 2.02. The van der Waals surface area contributed by atoms with Crippen LogP contribution in [0.25, 0.3) is 5.65 Å². The summed E-state index contributed by atoms with van der Waals surface area (Å²) in [4.78, 5) is 16.0. The molecule has 0 aliphatic rings. The van der Waals surface area contributed by atoms with Gasteiger partial charge in [-0.05, 0) is 35.0 Å². The second-order valence-corrected chi connectivity index (χ2v) is 4.75. The average molecular weight is 325 g/mol. The smallest absolute Gasteiger partial charge is 0.255 e. The van der Waals surface area contributed by atoms with Gasteiger partial charge in [-0.25, -0.2) is 4.52 Å². The fourth-order valence-corrected chi connectivity index (χ4v) is 1.74. The van der Waals surface area contributed by atoms with Gasteiger partial charge >= 0.3 is 0 Å². The molecule has 0 aromatic carbocycles. The lowest BCUT2D eigenvalue weighted by atomic mass is 10.4. The number of carbonyl (C=O) groups excluding carboxylic acids is 1. The molecule has 2 aromatic rings. The Bertz CT molecular complexity index is 611. The number of carbonyl (C=O) groups is 1. The van der Waals surface area contributed by atoms with Crippen LogP contribution in [0.3, 0.4) is 0 Å². The Hall–Kier alpha value is -1.73. The van der Waals surface area contributed by atoms with Crippen molar-refractivity contribution >= 4 is 33.4 Å². The fourth-order valence-electron chi connectivity index (χ4n) is 1.41. The van der Waals surface area contributed by atoms with Crippen LogP contribution in [0.15, 0.2) is 35.5 Å². The van der Waals surface area contributed by atoms with Gasteiger partial charge in [0, 0.05) is 10.7 Å². The molecule has 0 saturated heterocycles. The lowest BCUT2D eigenvalue weighted by Gasteiger charge is -2.09. The Morgan fingerprint density at radius 1 is 1.68 bits per heavy atom. The molecule has 2 aromatic heterocycles. The van der Waals surface area contributed by atoms with Crippen molar-refractivity contribution in [1.29, 1.82) is 0 Å². The van der Waals surface area contributed by atoms with Crippen molar-refractivity contribution in [2.24, 2.45) is 0 Å². The van der Waals surface area contributed by atoms with Crippen molar-refractivity contribution in [3.8, 4) is 0 Å². The van der Waals surface area contributed by atoms with E-state index in [2.05, 4.69) is 37.9 Å². The average Bonchev–Trinajstić information content (AvgIpc) is 2.77. The van der Waals surface area contributed by atoms with Crippen LogP contribution in [0.5, 0.6) is 0 Å². The summed E-state index contributed by atoms with van der Waals surface area (Å²) in [5, 5.41) is 6.75. The van der Waals surface area contributed by atoms with Gasteiger partial charge in [-0.2, -0.15) is 4.98 Å². The summed E-state index contributed by atoms with van der Waals surface area (Å²) in [6.45, 7) is 5.50. The van der Waals surface area contributed by atoms with Gasteiger partial charge in [-0.1, -0.05) is 6.08 Å². The number of hydrogen-bond donors (Lipinski definition) is 1. The molecule has 0 radical (unpaired) electrons. The molecule has 2 rings (SSSR count). The number of halogens is 1. The fraction of sp³-hybridized carbons (Fsp3) is 0.250. The Labute approximate surface area is 118 Å². The van der Waals surface area contributed by atoms with Crippen LogP contribution in [0.4, 0.5) is 5.95 Å². The van der Waals surface area contributed by atoms with Crippen molar-refractivity contribution in [3.05, 3.63) is 35.5 Å². The molecule has 0 aliphatic carbocycles. The summed E-state index contributed by atoms with van der Waals surface area (Å²) >= 11 is 3.34. The van der Waals surface area contributed by atoms with E-state index in [9.17, 15) is 4.79 Å². The molecule has 1 N–H and O–H groups in total. The quantitative estimate of drug-likeness (QED) is 0.854. The number of nitrogens with one attached hydrogen (secondary N) is 1. The van der Waals surface area contributed by atoms with Crippen LogP contribution in [-0.4, -0.2) is 33.2 Å². The van der Waals surface area contributed by atoms with Gasteiger partial charge in [0.2, 0.25) is 5.95 Å². The molecule has 0 saturated carbocycles. The molecule has 19 heavy (non-hydrogen) atoms. The van der Waals surface area contributed by atoms with Crippen LogP contribution in [0, 0.1) is 0 Å². The minimum absolute atomic E-state index is 0.247. The molecule has 1 unspecified atom stereocenters. The summed E-state index contributed by atoms with van der Waals surface area (Å²) in [5.41, 5.74) is 0.651. The molecule has 1 atom stereocenters. The van der Waals surface area contributed by atoms with Crippen molar-refractivity contribution in [2.75, 3.05) is 11.9 Å². The number of anilines is 1. The highest BCUT2D eigenvalue weighted by Crippen LogP contribution is 2.12. The molecular formula is C12H13BrN4O2. The van der Waals surface area contributed by atoms with Gasteiger partial charge in [0.25, 0.3) is 5.91 Å². The third-order valence-electron chi connectivity index (χ3n) is 2.36. The number of amides is 1. The predicted molar refractivity (Wildman–Crippen MR) is 74.9 cm³/mol. The highest BCUT2D eigenvalue weighted by Gasteiger charge is 2.15. The number of hydrogen-bond acceptors (Lipinski definition) is 4. The second kappa shape index (κ2) is 5.94. The number of rotatable bonds is 5. The molecule has 6 nitrogen and oxygen atoms in total. The van der Waals surface area contributed by atoms with E-state index >= 15 is 0 Å². The summed E-state index contributed by atoms with van der Waals surface area (Å²) in [7, 11) is 0. The van der Waals surface area contributed by atoms with Crippen LogP contribution in [0.1, 0.15) is 6.92 Å². The summed E-state index contributed by atoms with van der Waals surface area (Å²) in [5.74, 6) is -0.0472. The van der Waals surface area contributed by atoms with E-state index in [1.54, 1.807) is 29.8 Å². The topological polar surface area (TPSA) is 68.5 Å². The van der Waals surface area contributed by atoms with Crippen molar-refractivity contribution in [1.82, 2.24) is 14.6 Å². The van der Waals surface area contributed by atoms with Gasteiger partial charge in [0.15, 0.2) is 5.65 Å². The summed E-state index contributed by atoms with van der Waals surface area (Å²) in [6, 6.07) is 3.65. The maximum Gasteiger partial charge on any atom is 0.255 e. The first-order valence-electron chi connectivity index (χ1n) is 5.65. The van der Waals surface area contributed by atoms with Crippen molar-refractivity contribution in [3.63, 3.8) is 0 Å². The molecule has 100 valence electrons. The van der Waals surface area contributed by atoms with Gasteiger partial charge < -0.3 is 4.74 Å². The number of ether oxygens (including phenoxy) is 1. The first-order valence-corrected chi connectivity index (χ1v) is 6.44. The minimum Gasteiger partial charge on any atom is -0.365 e. The SMILES string of the molecule is C=CCOC(C)C(=O)Nc1nc2ccc(Br)cn2n1. The normalized spacial score (nSPS) is 12.3. The molecular weight excluding hydrogens is 312 g/mol. The number of nitrogens with zero attached hydrogens (tertiary/aromatic N) is 3. The first-order chi connectivity index (χ1) is 9.10. The highest BCUT2D eigenvalue weighted by molar-refractivity contribution is 9.10. The molecule has 2 heterocycles. The van der Waals surface area contributed by atoms with Gasteiger partial charge in [0.1, 0.15) is 6.10 Å². The molecule has 0 spiro atoms. The minimum atomic E-state index is -0.587. The van der Waals surface area contributed by atoms with Gasteiger partial charge in [0.05, 0.1) is 6.61 Å². The zero-order valence-electron chi connectivity index (χ0n) is 10.3. The van der Waals surface area contributed by atoms with E-state index in [4.69, 9.17) is 4.74 Å². The van der Waals surface area contributed by atoms with Gasteiger partial charge in [-0.3, -0.25) is 10.1 Å². The summed E-state index contributed by atoms with van der Waals surface area (Å²) in [6.07, 6.45) is 2.76. The van der Waals surface area contributed by atoms with Crippen LogP contribution in [-0.2, 0) is 9.53 Å². The van der Waals surface area contributed by atoms with Crippen LogP contribution in [0.2, 0.25) is 0 Å². The van der Waals surface area contributed by atoms with E-state index < -0.39 is 6.10 Å². The van der Waals surface area contributed by atoms with Crippen molar-refractivity contribution < 1.29 is 9.53 Å². The van der Waals surface area contributed by atoms with E-state index in [0.29, 0.717) is 12.3 Å². The van der Waals surface area contributed by atoms with E-state index in [1.807, 2.05) is 6.07 Å². The molecule has 0 aliphatic heterocycles. The zero-order valence-corrected chi connectivity index (χ0v) is 11.9. The Morgan fingerprint density at radius 3 is 3.21 bits per heavy atom. The van der Waals surface area contributed by atoms with E-state index in [1.165, 1.54) is 0 Å². The Balaban J connectivity index is 2.08. The van der Waals surface area contributed by atoms with Crippen LogP contribution >= 0.6 is 15.9 Å². The highest BCUT2D eigenvalue weighted by atomic mass is 79.9. The number of aromatic nitrogens is 3. The van der Waals surface area contributed by atoms with E-state index in [-0.39, 0.29) is 11.9 Å². The zero-order chi connectivity index (χ0) is 13.8. The molecule has 0 fully saturated rings. The third kappa shape index (κ3) is 3.39. The largest absolute Gasteiger partial charge is 0.365 e. The lowest BCUT2D eigenvalue weighted by Crippen LogP contribution is -2.28. The monoisotopic (exact) mass is 324 g/mol. The summed E-state index contributed by atoms with van der Waals surface area (Å²) < 4.78 is 7.68. The second-order valence-electron chi connectivity index (χ2n) is 3.84. The van der Waals surface area contributed by atoms with Gasteiger partial charge in [-0.15, -0.1) is 11.7 Å². The van der Waals surface area contributed by atoms with Crippen LogP contribution < -0.4 is 5.32 Å². The molecule has 0 bridgehead atoms. The Morgan fingerprint density at radius 2 is 2.47 bits per heavy atom. The van der Waals surface area contributed by atoms with E-state index in [0.717, 1.165) is 4.47 Å². The lowest BCUT2D eigenvalue weighted by molar-refractivity contribution is -0.125. The molecule has 7 heteroatoms. The number of pyridine rings is 1. The first kappa shape index (κ1) is 13.7. The maximum absolute atomic E-state index is 11.8. The van der Waals surface area contributed by atoms with Crippen molar-refractivity contribution in [2.45, 2.75) is 13.0 Å². The molecule has 1 amide bonds. The maximum atomic E-state index is 11.8. The third-order valence-corrected chi connectivity index (χ3v) is 2.83. The Kier molecular flexibility index (Phi) is 4.28. The number of fused-ring (bicyclic) bond motifs is 1. The standard InChI is InChI=1S/C12H13BrN4O2/c1-3-6-19-8(2)11(18)15-12-14-10-5-4-9(13)7-17(10)16-12/h3-5,7-8H,1,6H2,2H3,(H,15,16,18).